The zero-order chi connectivity index (χ0) is 38.9. The molecule has 1 saturated heterocycles. The Morgan fingerprint density at radius 2 is 1.81 bits per heavy atom. The van der Waals surface area contributed by atoms with Gasteiger partial charge in [-0.25, -0.2) is 0 Å². The van der Waals surface area contributed by atoms with Crippen LogP contribution in [0.15, 0.2) is 66.7 Å². The van der Waals surface area contributed by atoms with Crippen LogP contribution in [-0.4, -0.2) is 96.7 Å². The highest BCUT2D eigenvalue weighted by Crippen LogP contribution is 2.61. The van der Waals surface area contributed by atoms with E-state index >= 15 is 0 Å². The van der Waals surface area contributed by atoms with Gasteiger partial charge in [-0.2, -0.15) is 5.06 Å². The highest BCUT2D eigenvalue weighted by atomic mass is 16.7. The summed E-state index contributed by atoms with van der Waals surface area (Å²) in [6, 6.07) is 21.0. The number of aliphatic hydroxyl groups excluding tert-OH is 2. The molecule has 3 aromatic rings. The Hall–Kier alpha value is -3.80. The number of carbonyl (C=O) groups is 2. The van der Waals surface area contributed by atoms with Gasteiger partial charge in [0.2, 0.25) is 5.91 Å². The van der Waals surface area contributed by atoms with Crippen molar-refractivity contribution in [3.63, 3.8) is 0 Å². The Morgan fingerprint density at radius 3 is 2.44 bits per heavy atom. The molecule has 0 unspecified atom stereocenters. The molecule has 10 heteroatoms. The summed E-state index contributed by atoms with van der Waals surface area (Å²) < 4.78 is 6.06. The van der Waals surface area contributed by atoms with Gasteiger partial charge < -0.3 is 30.5 Å². The lowest BCUT2D eigenvalue weighted by atomic mass is 9.45. The van der Waals surface area contributed by atoms with Gasteiger partial charge in [-0.1, -0.05) is 75.4 Å². The van der Waals surface area contributed by atoms with Crippen molar-refractivity contribution in [2.45, 2.75) is 90.8 Å². The van der Waals surface area contributed by atoms with Crippen molar-refractivity contribution < 1.29 is 29.4 Å². The topological polar surface area (TPSA) is 124 Å². The number of para-hydroxylation sites is 1. The number of amides is 2. The first kappa shape index (κ1) is 39.9. The largest absolute Gasteiger partial charge is 0.496 e. The van der Waals surface area contributed by atoms with Gasteiger partial charge in [0.05, 0.1) is 26.4 Å². The van der Waals surface area contributed by atoms with Gasteiger partial charge in [-0.3, -0.25) is 14.4 Å². The standard InChI is InChI=1S/C44H60N4O6/c1-26-17-31(20-32(18-26)42(51)45-34(24-47(6)7)19-29-13-10-9-11-14-29)35-16-12-15-30(41(35)53-8)23-48-40(39(28(3)50)38(25-49)54-48)43(52)46-37-22-33-21-36(27(37)2)44(33,4)5/h9-18,20,27-28,33-34,36-40,49-50H,19,21-25H2,1-8H3,(H,45,51)(H,46,52)/t27-,28-,33+,34-,36-,37-,38-,39+,40-/m0/s1. The van der Waals surface area contributed by atoms with Crippen molar-refractivity contribution in [3.8, 4) is 16.9 Å². The summed E-state index contributed by atoms with van der Waals surface area (Å²) in [6.07, 6.45) is 1.21. The van der Waals surface area contributed by atoms with Crippen LogP contribution in [0.25, 0.3) is 11.1 Å². The van der Waals surface area contributed by atoms with Gasteiger partial charge >= 0.3 is 0 Å². The van der Waals surface area contributed by atoms with Crippen LogP contribution in [0.5, 0.6) is 5.75 Å². The molecule has 1 aliphatic heterocycles. The first-order chi connectivity index (χ1) is 25.7. The van der Waals surface area contributed by atoms with Crippen molar-refractivity contribution in [3.05, 3.63) is 89.0 Å². The zero-order valence-electron chi connectivity index (χ0n) is 33.2. The van der Waals surface area contributed by atoms with Gasteiger partial charge in [-0.15, -0.1) is 0 Å². The number of hydrogen-bond acceptors (Lipinski definition) is 8. The van der Waals surface area contributed by atoms with Crippen LogP contribution in [0, 0.1) is 36.0 Å². The number of hydroxylamine groups is 2. The van der Waals surface area contributed by atoms with E-state index in [-0.39, 0.29) is 42.5 Å². The Bertz CT molecular complexity index is 1780. The molecule has 1 heterocycles. The van der Waals surface area contributed by atoms with Crippen molar-refractivity contribution in [2.24, 2.45) is 29.1 Å². The number of aliphatic hydroxyl groups is 2. The van der Waals surface area contributed by atoms with E-state index in [9.17, 15) is 19.8 Å². The fourth-order valence-corrected chi connectivity index (χ4v) is 9.67. The maximum Gasteiger partial charge on any atom is 0.251 e. The number of hydrogen-bond donors (Lipinski definition) is 4. The summed E-state index contributed by atoms with van der Waals surface area (Å²) in [5, 5.41) is 29.5. The third-order valence-corrected chi connectivity index (χ3v) is 12.6. The number of nitrogens with zero attached hydrogens (tertiary/aromatic N) is 2. The number of aryl methyl sites for hydroxylation is 1. The fourth-order valence-electron chi connectivity index (χ4n) is 9.67. The second kappa shape index (κ2) is 16.5. The smallest absolute Gasteiger partial charge is 0.251 e. The highest BCUT2D eigenvalue weighted by molar-refractivity contribution is 5.96. The zero-order valence-corrected chi connectivity index (χ0v) is 33.2. The molecule has 3 aromatic carbocycles. The number of likely N-dealkylation sites (N-methyl/N-ethyl adjacent to an activating group) is 1. The molecule has 3 saturated carbocycles. The van der Waals surface area contributed by atoms with Crippen LogP contribution in [0.4, 0.5) is 0 Å². The molecular formula is C44H60N4O6. The van der Waals surface area contributed by atoms with E-state index in [1.807, 2.05) is 75.6 Å². The third kappa shape index (κ3) is 8.23. The van der Waals surface area contributed by atoms with E-state index in [0.29, 0.717) is 42.0 Å². The number of fused-ring (bicyclic) bond motifs is 2. The van der Waals surface area contributed by atoms with Crippen LogP contribution in [0.1, 0.15) is 67.6 Å². The lowest BCUT2D eigenvalue weighted by Crippen LogP contribution is -2.62. The fraction of sp³-hybridized carbons (Fsp3) is 0.545. The number of methoxy groups -OCH3 is 1. The highest BCUT2D eigenvalue weighted by Gasteiger charge is 2.57. The van der Waals surface area contributed by atoms with E-state index in [2.05, 4.69) is 48.4 Å². The summed E-state index contributed by atoms with van der Waals surface area (Å²) in [5.74, 6) is 1.09. The summed E-state index contributed by atoms with van der Waals surface area (Å²) >= 11 is 0. The molecule has 0 spiro atoms. The monoisotopic (exact) mass is 740 g/mol. The molecule has 2 amide bonds. The van der Waals surface area contributed by atoms with Gasteiger partial charge in [0.25, 0.3) is 5.91 Å². The van der Waals surface area contributed by atoms with Gasteiger partial charge in [0.1, 0.15) is 17.9 Å². The Kier molecular flexibility index (Phi) is 12.2. The van der Waals surface area contributed by atoms with Crippen molar-refractivity contribution in [2.75, 3.05) is 34.4 Å². The number of carbonyl (C=O) groups excluding carboxylic acids is 2. The summed E-state index contributed by atoms with van der Waals surface area (Å²) in [4.78, 5) is 36.4. The molecule has 10 nitrogen and oxygen atoms in total. The molecule has 4 aliphatic rings. The lowest BCUT2D eigenvalue weighted by molar-refractivity contribution is -0.183. The first-order valence-corrected chi connectivity index (χ1v) is 19.5. The number of benzene rings is 3. The van der Waals surface area contributed by atoms with Crippen molar-refractivity contribution >= 4 is 11.8 Å². The van der Waals surface area contributed by atoms with E-state index in [1.165, 1.54) is 6.42 Å². The molecule has 0 radical (unpaired) electrons. The number of ether oxygens (including phenoxy) is 1. The van der Waals surface area contributed by atoms with E-state index in [1.54, 1.807) is 19.1 Å². The average molecular weight is 741 g/mol. The van der Waals surface area contributed by atoms with Crippen LogP contribution >= 0.6 is 0 Å². The van der Waals surface area contributed by atoms with Gasteiger partial charge in [0, 0.05) is 41.2 Å². The average Bonchev–Trinajstić information content (AvgIpc) is 3.50. The van der Waals surface area contributed by atoms with Crippen molar-refractivity contribution in [1.82, 2.24) is 20.6 Å². The summed E-state index contributed by atoms with van der Waals surface area (Å²) in [6.45, 7) is 11.1. The Balaban J connectivity index is 1.25. The molecular weight excluding hydrogens is 681 g/mol. The minimum atomic E-state index is -0.894. The normalized spacial score (nSPS) is 27.2. The SMILES string of the molecule is COc1c(CN2O[C@@H](CO)[C@@H]([C@H](C)O)[C@H]2C(=O)N[C@H]2C[C@H]3C[C@@H]([C@@H]2C)C3(C)C)cccc1-c1cc(C)cc(C(=O)N[C@@H](Cc2ccccc2)CN(C)C)c1. The summed E-state index contributed by atoms with van der Waals surface area (Å²) in [5.41, 5.74) is 5.32. The molecule has 4 fully saturated rings. The summed E-state index contributed by atoms with van der Waals surface area (Å²) in [7, 11) is 5.62. The molecule has 9 atom stereocenters. The van der Waals surface area contributed by atoms with Crippen LogP contribution in [0.2, 0.25) is 0 Å². The van der Waals surface area contributed by atoms with Gasteiger partial charge in [-0.05, 0) is 99.2 Å². The second-order valence-corrected chi connectivity index (χ2v) is 16.9. The quantitative estimate of drug-likeness (QED) is 0.177. The Morgan fingerprint density at radius 1 is 1.07 bits per heavy atom. The molecule has 292 valence electrons. The van der Waals surface area contributed by atoms with Crippen molar-refractivity contribution in [1.29, 1.82) is 0 Å². The predicted molar refractivity (Wildman–Crippen MR) is 211 cm³/mol. The lowest BCUT2D eigenvalue weighted by Gasteiger charge is -2.62. The van der Waals surface area contributed by atoms with Crippen LogP contribution in [-0.2, 0) is 22.6 Å². The minimum Gasteiger partial charge on any atom is -0.496 e. The van der Waals surface area contributed by atoms with E-state index < -0.39 is 24.2 Å². The van der Waals surface area contributed by atoms with E-state index in [4.69, 9.17) is 9.57 Å². The first-order valence-electron chi connectivity index (χ1n) is 19.5. The predicted octanol–water partition coefficient (Wildman–Crippen LogP) is 5.23. The maximum absolute atomic E-state index is 14.2. The molecule has 7 rings (SSSR count). The van der Waals surface area contributed by atoms with Gasteiger partial charge in [0.15, 0.2) is 0 Å². The molecule has 0 aromatic heterocycles. The Labute approximate surface area is 321 Å². The molecule has 3 aliphatic carbocycles. The molecule has 2 bridgehead atoms. The minimum absolute atomic E-state index is 0.0426. The number of nitrogens with one attached hydrogen (secondary N) is 2. The third-order valence-electron chi connectivity index (χ3n) is 12.6. The van der Waals surface area contributed by atoms with Crippen LogP contribution in [0.3, 0.4) is 0 Å². The molecule has 54 heavy (non-hydrogen) atoms. The van der Waals surface area contributed by atoms with Crippen LogP contribution < -0.4 is 15.4 Å². The number of rotatable bonds is 14. The second-order valence-electron chi connectivity index (χ2n) is 16.9. The van der Waals surface area contributed by atoms with E-state index in [0.717, 1.165) is 34.2 Å². The molecule has 4 N–H and O–H groups in total. The maximum atomic E-state index is 14.2.